The molecule has 3 aromatic heterocycles. The van der Waals surface area contributed by atoms with Gasteiger partial charge in [-0.2, -0.15) is 0 Å². The van der Waals surface area contributed by atoms with Crippen LogP contribution in [0.15, 0.2) is 22.8 Å². The molecule has 0 unspecified atom stereocenters. The molecule has 0 radical (unpaired) electrons. The van der Waals surface area contributed by atoms with E-state index in [-0.39, 0.29) is 6.15 Å². The third-order valence-corrected chi connectivity index (χ3v) is 5.57. The average molecular weight is 362 g/mol. The Bertz CT molecular complexity index is 837. The zero-order chi connectivity index (χ0) is 17.3. The number of aromatic nitrogens is 4. The molecule has 0 amide bonds. The van der Waals surface area contributed by atoms with E-state index in [9.17, 15) is 0 Å². The summed E-state index contributed by atoms with van der Waals surface area (Å²) in [6.45, 7) is 12.1. The fourth-order valence-electron chi connectivity index (χ4n) is 2.49. The van der Waals surface area contributed by atoms with Gasteiger partial charge >= 0.3 is 0 Å². The molecule has 3 aromatic rings. The number of aryl methyl sites for hydroxylation is 2. The summed E-state index contributed by atoms with van der Waals surface area (Å²) in [5, 5.41) is 0. The van der Waals surface area contributed by atoms with Crippen LogP contribution in [-0.2, 0) is 11.5 Å². The van der Waals surface area contributed by atoms with Crippen molar-refractivity contribution in [3.63, 3.8) is 0 Å². The van der Waals surface area contributed by atoms with Crippen LogP contribution >= 0.6 is 0 Å². The van der Waals surface area contributed by atoms with Crippen LogP contribution in [0.3, 0.4) is 0 Å². The Morgan fingerprint density at radius 1 is 1.16 bits per heavy atom. The molecule has 136 valence electrons. The van der Waals surface area contributed by atoms with Crippen molar-refractivity contribution in [2.45, 2.75) is 46.3 Å². The smallest absolute Gasteiger partial charge is 0.166 e. The Balaban J connectivity index is 0.00000225. The van der Waals surface area contributed by atoms with Crippen LogP contribution in [0, 0.1) is 13.8 Å². The second-order valence-corrected chi connectivity index (χ2v) is 12.8. The van der Waals surface area contributed by atoms with Gasteiger partial charge in [0.1, 0.15) is 29.6 Å². The van der Waals surface area contributed by atoms with Gasteiger partial charge < -0.3 is 15.3 Å². The zero-order valence-corrected chi connectivity index (χ0v) is 16.7. The standard InChI is InChI=1S/C17H24N4O2Si.H3N/c1-12-18-15(14-7-6-8-23-14)16-17(19-12)21(13(2)20-16)11-22-9-10-24(3,4)5;/h6-8H,9-11H2,1-5H3;1H3. The van der Waals surface area contributed by atoms with E-state index in [1.807, 2.05) is 30.5 Å². The van der Waals surface area contributed by atoms with Gasteiger partial charge in [0.2, 0.25) is 0 Å². The van der Waals surface area contributed by atoms with Crippen molar-refractivity contribution in [2.75, 3.05) is 6.61 Å². The highest BCUT2D eigenvalue weighted by Crippen LogP contribution is 2.26. The van der Waals surface area contributed by atoms with Crippen LogP contribution in [0.1, 0.15) is 11.6 Å². The molecule has 0 fully saturated rings. The molecule has 3 rings (SSSR count). The minimum absolute atomic E-state index is 0. The zero-order valence-electron chi connectivity index (χ0n) is 15.7. The van der Waals surface area contributed by atoms with Crippen molar-refractivity contribution in [3.8, 4) is 11.5 Å². The van der Waals surface area contributed by atoms with Gasteiger partial charge in [0.05, 0.1) is 6.26 Å². The maximum absolute atomic E-state index is 5.89. The Morgan fingerprint density at radius 3 is 2.56 bits per heavy atom. The van der Waals surface area contributed by atoms with Gasteiger partial charge in [-0.05, 0) is 32.0 Å². The largest absolute Gasteiger partial charge is 0.463 e. The van der Waals surface area contributed by atoms with Crippen molar-refractivity contribution in [1.82, 2.24) is 25.7 Å². The number of ether oxygens (including phenoxy) is 1. The minimum atomic E-state index is -1.09. The van der Waals surface area contributed by atoms with Crippen LogP contribution < -0.4 is 6.15 Å². The molecule has 0 saturated heterocycles. The Kier molecular flexibility index (Phi) is 5.76. The summed E-state index contributed by atoms with van der Waals surface area (Å²) >= 11 is 0. The second kappa shape index (κ2) is 7.47. The van der Waals surface area contributed by atoms with Crippen LogP contribution in [0.2, 0.25) is 25.7 Å². The van der Waals surface area contributed by atoms with E-state index in [0.717, 1.165) is 35.3 Å². The fourth-order valence-corrected chi connectivity index (χ4v) is 3.25. The van der Waals surface area contributed by atoms with E-state index in [0.29, 0.717) is 18.3 Å². The van der Waals surface area contributed by atoms with E-state index in [1.54, 1.807) is 6.26 Å². The first-order chi connectivity index (χ1) is 11.3. The molecule has 0 aliphatic rings. The highest BCUT2D eigenvalue weighted by Gasteiger charge is 2.18. The molecule has 7 nitrogen and oxygen atoms in total. The summed E-state index contributed by atoms with van der Waals surface area (Å²) in [7, 11) is -1.09. The Labute approximate surface area is 149 Å². The van der Waals surface area contributed by atoms with Gasteiger partial charge in [0.25, 0.3) is 0 Å². The molecule has 8 heteroatoms. The van der Waals surface area contributed by atoms with E-state index in [4.69, 9.17) is 9.15 Å². The van der Waals surface area contributed by atoms with Crippen molar-refractivity contribution >= 4 is 19.2 Å². The molecule has 0 aliphatic heterocycles. The monoisotopic (exact) mass is 361 g/mol. The van der Waals surface area contributed by atoms with Crippen LogP contribution in [0.5, 0.6) is 0 Å². The topological polar surface area (TPSA) is 101 Å². The molecule has 3 heterocycles. The van der Waals surface area contributed by atoms with Crippen molar-refractivity contribution < 1.29 is 9.15 Å². The lowest BCUT2D eigenvalue weighted by atomic mass is 10.3. The van der Waals surface area contributed by atoms with Gasteiger partial charge in [-0.3, -0.25) is 4.57 Å². The lowest BCUT2D eigenvalue weighted by Gasteiger charge is -2.16. The van der Waals surface area contributed by atoms with Crippen molar-refractivity contribution in [2.24, 2.45) is 0 Å². The van der Waals surface area contributed by atoms with Gasteiger partial charge in [-0.15, -0.1) is 0 Å². The van der Waals surface area contributed by atoms with Crippen LogP contribution in [0.25, 0.3) is 22.6 Å². The quantitative estimate of drug-likeness (QED) is 0.522. The third kappa shape index (κ3) is 4.33. The van der Waals surface area contributed by atoms with E-state index in [2.05, 4.69) is 34.6 Å². The number of hydrogen-bond donors (Lipinski definition) is 1. The first kappa shape index (κ1) is 19.3. The van der Waals surface area contributed by atoms with Crippen molar-refractivity contribution in [1.29, 1.82) is 0 Å². The fraction of sp³-hybridized carbons (Fsp3) is 0.471. The number of fused-ring (bicyclic) bond motifs is 1. The first-order valence-electron chi connectivity index (χ1n) is 8.18. The molecule has 0 bridgehead atoms. The number of hydrogen-bond acceptors (Lipinski definition) is 6. The van der Waals surface area contributed by atoms with Crippen LogP contribution in [-0.4, -0.2) is 34.2 Å². The van der Waals surface area contributed by atoms with Crippen molar-refractivity contribution in [3.05, 3.63) is 30.0 Å². The predicted molar refractivity (Wildman–Crippen MR) is 102 cm³/mol. The summed E-state index contributed by atoms with van der Waals surface area (Å²) in [6, 6.07) is 4.88. The van der Waals surface area contributed by atoms with Gasteiger partial charge in [-0.25, -0.2) is 15.0 Å². The average Bonchev–Trinajstić information content (AvgIpc) is 3.10. The lowest BCUT2D eigenvalue weighted by molar-refractivity contribution is 0.0881. The highest BCUT2D eigenvalue weighted by molar-refractivity contribution is 6.76. The molecular formula is C17H27N5O2Si. The summed E-state index contributed by atoms with van der Waals surface area (Å²) in [5.41, 5.74) is 2.27. The summed E-state index contributed by atoms with van der Waals surface area (Å²) < 4.78 is 13.4. The summed E-state index contributed by atoms with van der Waals surface area (Å²) in [4.78, 5) is 13.7. The molecular weight excluding hydrogens is 334 g/mol. The number of furan rings is 1. The molecule has 3 N–H and O–H groups in total. The van der Waals surface area contributed by atoms with Crippen LogP contribution in [0.4, 0.5) is 0 Å². The maximum atomic E-state index is 5.89. The number of imidazole rings is 1. The predicted octanol–water partition coefficient (Wildman–Crippen LogP) is 4.18. The van der Waals surface area contributed by atoms with Gasteiger partial charge in [0.15, 0.2) is 11.4 Å². The Morgan fingerprint density at radius 2 is 1.92 bits per heavy atom. The first-order valence-corrected chi connectivity index (χ1v) is 11.9. The number of nitrogens with zero attached hydrogens (tertiary/aromatic N) is 4. The normalized spacial score (nSPS) is 11.7. The number of rotatable bonds is 6. The molecule has 0 aromatic carbocycles. The van der Waals surface area contributed by atoms with Gasteiger partial charge in [0, 0.05) is 14.7 Å². The SMILES string of the molecule is Cc1nc(-c2ccco2)c2nc(C)n(COCC[Si](C)(C)C)c2n1.N. The van der Waals surface area contributed by atoms with E-state index in [1.165, 1.54) is 0 Å². The summed E-state index contributed by atoms with van der Waals surface area (Å²) in [6.07, 6.45) is 1.64. The Hall–Kier alpha value is -2.03. The summed E-state index contributed by atoms with van der Waals surface area (Å²) in [5.74, 6) is 2.26. The second-order valence-electron chi connectivity index (χ2n) is 7.20. The molecule has 0 saturated carbocycles. The lowest BCUT2D eigenvalue weighted by Crippen LogP contribution is -2.22. The van der Waals surface area contributed by atoms with E-state index < -0.39 is 8.07 Å². The molecule has 0 spiro atoms. The van der Waals surface area contributed by atoms with Gasteiger partial charge in [-0.1, -0.05) is 19.6 Å². The third-order valence-electron chi connectivity index (χ3n) is 3.87. The highest BCUT2D eigenvalue weighted by atomic mass is 28.3. The van der Waals surface area contributed by atoms with E-state index >= 15 is 0 Å². The minimum Gasteiger partial charge on any atom is -0.463 e. The molecule has 0 aliphatic carbocycles. The maximum Gasteiger partial charge on any atom is 0.166 e. The molecule has 25 heavy (non-hydrogen) atoms. The molecule has 0 atom stereocenters.